The molecule has 7 heteroatoms. The Morgan fingerprint density at radius 1 is 0.745 bits per heavy atom. The molecular weight excluding hydrogens is 604 g/mol. The summed E-state index contributed by atoms with van der Waals surface area (Å²) in [7, 11) is 0. The normalized spacial score (nSPS) is 20.7. The summed E-state index contributed by atoms with van der Waals surface area (Å²) in [4.78, 5) is 7.93. The molecule has 258 valence electrons. The number of aryl methyl sites for hydroxylation is 1. The summed E-state index contributed by atoms with van der Waals surface area (Å²) in [6.07, 6.45) is 23.2. The molecule has 6 nitrogen and oxygen atoms in total. The Bertz CT molecular complexity index is 1330. The molecule has 3 heterocycles. The lowest BCUT2D eigenvalue weighted by Gasteiger charge is -2.36. The number of fused-ring (bicyclic) bond motifs is 1. The average Bonchev–Trinajstić information content (AvgIpc) is 3.45. The van der Waals surface area contributed by atoms with Crippen LogP contribution in [0.3, 0.4) is 0 Å². The van der Waals surface area contributed by atoms with Gasteiger partial charge in [-0.05, 0) is 126 Å². The van der Waals surface area contributed by atoms with Crippen molar-refractivity contribution in [3.63, 3.8) is 0 Å². The van der Waals surface area contributed by atoms with Gasteiger partial charge in [0.2, 0.25) is 0 Å². The maximum absolute atomic E-state index is 6.51. The number of ether oxygens (including phenoxy) is 2. The fourth-order valence-corrected chi connectivity index (χ4v) is 8.55. The van der Waals surface area contributed by atoms with E-state index >= 15 is 0 Å². The van der Waals surface area contributed by atoms with Crippen molar-refractivity contribution in [3.05, 3.63) is 53.3 Å². The minimum atomic E-state index is 0.417. The van der Waals surface area contributed by atoms with Crippen LogP contribution in [0, 0.1) is 11.8 Å². The minimum Gasteiger partial charge on any atom is -0.491 e. The Kier molecular flexibility index (Phi) is 13.6. The highest BCUT2D eigenvalue weighted by atomic mass is 35.5. The number of nitrogens with zero attached hydrogens (tertiary/aromatic N) is 3. The van der Waals surface area contributed by atoms with E-state index in [0.717, 1.165) is 91.9 Å². The van der Waals surface area contributed by atoms with E-state index in [1.807, 2.05) is 24.3 Å². The number of rotatable bonds is 15. The van der Waals surface area contributed by atoms with E-state index in [0.29, 0.717) is 11.6 Å². The van der Waals surface area contributed by atoms with Gasteiger partial charge in [-0.25, -0.2) is 4.98 Å². The summed E-state index contributed by atoms with van der Waals surface area (Å²) in [6, 6.07) is 14.8. The number of benzene rings is 2. The minimum absolute atomic E-state index is 0.417. The predicted molar refractivity (Wildman–Crippen MR) is 195 cm³/mol. The Balaban J connectivity index is 1.05. The van der Waals surface area contributed by atoms with Crippen LogP contribution in [0.1, 0.15) is 115 Å². The van der Waals surface area contributed by atoms with Crippen LogP contribution in [0.25, 0.3) is 11.0 Å². The van der Waals surface area contributed by atoms with Gasteiger partial charge in [0, 0.05) is 24.2 Å². The van der Waals surface area contributed by atoms with Crippen molar-refractivity contribution in [1.29, 1.82) is 0 Å². The second kappa shape index (κ2) is 18.5. The molecule has 2 aromatic carbocycles. The molecule has 1 saturated carbocycles. The number of nitrogens with one attached hydrogen (secondary N) is 1. The number of halogens is 1. The molecule has 0 amide bonds. The van der Waals surface area contributed by atoms with Crippen LogP contribution in [-0.4, -0.2) is 53.3 Å². The van der Waals surface area contributed by atoms with Crippen molar-refractivity contribution < 1.29 is 9.47 Å². The molecular formula is C40H59ClN4O2. The highest BCUT2D eigenvalue weighted by Gasteiger charge is 2.24. The third-order valence-electron chi connectivity index (χ3n) is 11.2. The number of piperidine rings is 2. The molecule has 1 unspecified atom stereocenters. The Hall–Kier alpha value is -2.28. The topological polar surface area (TPSA) is 51.6 Å². The first kappa shape index (κ1) is 34.6. The van der Waals surface area contributed by atoms with Crippen LogP contribution >= 0.6 is 11.6 Å². The van der Waals surface area contributed by atoms with Gasteiger partial charge in [0.1, 0.15) is 29.4 Å². The van der Waals surface area contributed by atoms with Gasteiger partial charge in [-0.1, -0.05) is 69.0 Å². The molecule has 3 aromatic rings. The van der Waals surface area contributed by atoms with Crippen LogP contribution < -0.4 is 14.8 Å². The van der Waals surface area contributed by atoms with E-state index in [2.05, 4.69) is 33.0 Å². The number of hydrogen-bond donors (Lipinski definition) is 1. The van der Waals surface area contributed by atoms with Gasteiger partial charge in [0.15, 0.2) is 0 Å². The maximum atomic E-state index is 6.51. The molecule has 0 bridgehead atoms. The Labute approximate surface area is 288 Å². The summed E-state index contributed by atoms with van der Waals surface area (Å²) in [5.74, 6) is 4.44. The van der Waals surface area contributed by atoms with E-state index in [1.54, 1.807) is 0 Å². The van der Waals surface area contributed by atoms with Crippen LogP contribution in [0.2, 0.25) is 5.02 Å². The van der Waals surface area contributed by atoms with Crippen LogP contribution in [0.15, 0.2) is 42.5 Å². The van der Waals surface area contributed by atoms with E-state index < -0.39 is 0 Å². The fourth-order valence-electron chi connectivity index (χ4n) is 8.42. The third-order valence-corrected chi connectivity index (χ3v) is 11.4. The first-order chi connectivity index (χ1) is 23.2. The van der Waals surface area contributed by atoms with Gasteiger partial charge in [0.05, 0.1) is 12.1 Å². The summed E-state index contributed by atoms with van der Waals surface area (Å²) in [6.45, 7) is 6.78. The largest absolute Gasteiger partial charge is 0.491 e. The first-order valence-corrected chi connectivity index (χ1v) is 19.5. The van der Waals surface area contributed by atoms with Gasteiger partial charge < -0.3 is 24.3 Å². The van der Waals surface area contributed by atoms with Crippen LogP contribution in [0.5, 0.6) is 11.5 Å². The lowest BCUT2D eigenvalue weighted by Crippen LogP contribution is -2.40. The van der Waals surface area contributed by atoms with Crippen molar-refractivity contribution in [3.8, 4) is 11.5 Å². The van der Waals surface area contributed by atoms with Crippen molar-refractivity contribution in [2.45, 2.75) is 128 Å². The van der Waals surface area contributed by atoms with Crippen molar-refractivity contribution >= 4 is 22.6 Å². The average molecular weight is 663 g/mol. The zero-order valence-corrected chi connectivity index (χ0v) is 29.5. The molecule has 6 rings (SSSR count). The Morgan fingerprint density at radius 2 is 1.51 bits per heavy atom. The molecule has 1 N–H and O–H groups in total. The van der Waals surface area contributed by atoms with E-state index in [9.17, 15) is 0 Å². The monoisotopic (exact) mass is 662 g/mol. The zero-order chi connectivity index (χ0) is 32.1. The molecule has 0 spiro atoms. The second-order valence-corrected chi connectivity index (χ2v) is 15.0. The lowest BCUT2D eigenvalue weighted by molar-refractivity contribution is 0.123. The van der Waals surface area contributed by atoms with Gasteiger partial charge >= 0.3 is 0 Å². The van der Waals surface area contributed by atoms with E-state index in [-0.39, 0.29) is 0 Å². The van der Waals surface area contributed by atoms with Gasteiger partial charge in [-0.2, -0.15) is 0 Å². The molecule has 1 aliphatic carbocycles. The quantitative estimate of drug-likeness (QED) is 0.164. The number of imidazole rings is 1. The van der Waals surface area contributed by atoms with Crippen LogP contribution in [0.4, 0.5) is 0 Å². The number of para-hydroxylation sites is 1. The summed E-state index contributed by atoms with van der Waals surface area (Å²) in [5, 5.41) is 4.21. The SMILES string of the molecule is Clc1ccc(OCc2nc3c(OCCCN4CCCCC4CCC4CCCCCCC4)cccc3n2CCCC2CCNCC2)cc1. The van der Waals surface area contributed by atoms with E-state index in [4.69, 9.17) is 26.1 Å². The van der Waals surface area contributed by atoms with Gasteiger partial charge in [-0.3, -0.25) is 0 Å². The Morgan fingerprint density at radius 3 is 2.34 bits per heavy atom. The smallest absolute Gasteiger partial charge is 0.148 e. The van der Waals surface area contributed by atoms with Crippen molar-refractivity contribution in [1.82, 2.24) is 19.8 Å². The molecule has 47 heavy (non-hydrogen) atoms. The first-order valence-electron chi connectivity index (χ1n) is 19.2. The summed E-state index contributed by atoms with van der Waals surface area (Å²) >= 11 is 6.11. The van der Waals surface area contributed by atoms with Crippen LogP contribution in [-0.2, 0) is 13.2 Å². The van der Waals surface area contributed by atoms with Crippen molar-refractivity contribution in [2.24, 2.45) is 11.8 Å². The predicted octanol–water partition coefficient (Wildman–Crippen LogP) is 9.81. The van der Waals surface area contributed by atoms with E-state index in [1.165, 1.54) is 103 Å². The fraction of sp³-hybridized carbons (Fsp3) is 0.675. The third kappa shape index (κ3) is 10.4. The summed E-state index contributed by atoms with van der Waals surface area (Å²) in [5.41, 5.74) is 2.10. The highest BCUT2D eigenvalue weighted by Crippen LogP contribution is 2.31. The molecule has 0 radical (unpaired) electrons. The van der Waals surface area contributed by atoms with Gasteiger partial charge in [0.25, 0.3) is 0 Å². The molecule has 3 fully saturated rings. The second-order valence-electron chi connectivity index (χ2n) is 14.6. The molecule has 2 aliphatic heterocycles. The highest BCUT2D eigenvalue weighted by molar-refractivity contribution is 6.30. The molecule has 3 aliphatic rings. The number of likely N-dealkylation sites (tertiary alicyclic amines) is 1. The number of aromatic nitrogens is 2. The summed E-state index contributed by atoms with van der Waals surface area (Å²) < 4.78 is 15.1. The number of hydrogen-bond acceptors (Lipinski definition) is 5. The molecule has 1 aromatic heterocycles. The molecule has 1 atom stereocenters. The maximum Gasteiger partial charge on any atom is 0.148 e. The standard InChI is InChI=1S/C40H59ClN4O2/c41-34-18-21-36(22-19-34)47-31-39-43-40-37(45(39)29-9-13-33-23-25-42-26-24-33)15-8-16-38(40)46-30-10-28-44-27-7-6-14-35(44)20-17-32-11-4-2-1-3-5-12-32/h8,15-16,18-19,21-22,32-33,35,42H,1-7,9-14,17,20,23-31H2. The lowest BCUT2D eigenvalue weighted by atomic mass is 9.85. The molecule has 2 saturated heterocycles. The van der Waals surface area contributed by atoms with Gasteiger partial charge in [-0.15, -0.1) is 0 Å². The van der Waals surface area contributed by atoms with Crippen molar-refractivity contribution in [2.75, 3.05) is 32.8 Å². The zero-order valence-electron chi connectivity index (χ0n) is 28.8.